The highest BCUT2D eigenvalue weighted by molar-refractivity contribution is 7.11. The van der Waals surface area contributed by atoms with Crippen LogP contribution in [0.4, 0.5) is 0 Å². The van der Waals surface area contributed by atoms with Crippen molar-refractivity contribution in [2.45, 2.75) is 0 Å². The van der Waals surface area contributed by atoms with Gasteiger partial charge in [-0.15, -0.1) is 11.3 Å². The molecule has 0 aliphatic heterocycles. The fourth-order valence-corrected chi connectivity index (χ4v) is 2.47. The van der Waals surface area contributed by atoms with Gasteiger partial charge < -0.3 is 4.90 Å². The molecule has 2 rings (SSSR count). The Kier molecular flexibility index (Phi) is 4.13. The van der Waals surface area contributed by atoms with Crippen LogP contribution in [-0.2, 0) is 0 Å². The molecule has 0 atom stereocenters. The first-order valence-corrected chi connectivity index (χ1v) is 6.59. The summed E-state index contributed by atoms with van der Waals surface area (Å²) >= 11 is 1.79. The largest absolute Gasteiger partial charge is 0.306 e. The molecule has 1 nitrogen and oxygen atoms in total. The van der Waals surface area contributed by atoms with Gasteiger partial charge in [0.05, 0.1) is 0 Å². The molecule has 1 aromatic carbocycles. The Morgan fingerprint density at radius 1 is 1.12 bits per heavy atom. The van der Waals surface area contributed by atoms with Gasteiger partial charge in [-0.1, -0.05) is 42.5 Å². The van der Waals surface area contributed by atoms with Crippen LogP contribution in [0.25, 0.3) is 5.57 Å². The molecule has 0 aliphatic rings. The first kappa shape index (κ1) is 12.1. The molecule has 0 radical (unpaired) electrons. The normalized spacial score (nSPS) is 12.1. The number of thiophene rings is 1. The lowest BCUT2D eigenvalue weighted by atomic mass is 10.0. The van der Waals surface area contributed by atoms with Crippen LogP contribution in [0, 0.1) is 0 Å². The zero-order valence-electron chi connectivity index (χ0n) is 10.3. The minimum atomic E-state index is 0.960. The zero-order chi connectivity index (χ0) is 12.1. The highest BCUT2D eigenvalue weighted by Crippen LogP contribution is 2.26. The first-order valence-electron chi connectivity index (χ1n) is 5.71. The smallest absolute Gasteiger partial charge is 0.0345 e. The summed E-state index contributed by atoms with van der Waals surface area (Å²) in [4.78, 5) is 3.51. The fraction of sp³-hybridized carbons (Fsp3) is 0.200. The molecule has 0 fully saturated rings. The van der Waals surface area contributed by atoms with Gasteiger partial charge in [-0.25, -0.2) is 0 Å². The third-order valence-corrected chi connectivity index (χ3v) is 3.44. The third kappa shape index (κ3) is 3.29. The van der Waals surface area contributed by atoms with Crippen LogP contribution in [-0.4, -0.2) is 25.5 Å². The number of rotatable bonds is 4. The maximum absolute atomic E-state index is 2.29. The Morgan fingerprint density at radius 2 is 1.88 bits per heavy atom. The Morgan fingerprint density at radius 3 is 2.47 bits per heavy atom. The maximum Gasteiger partial charge on any atom is 0.0345 e. The summed E-state index contributed by atoms with van der Waals surface area (Å²) in [7, 11) is 4.18. The standard InChI is InChI=1S/C15H17NS/c1-16(2)11-10-14(15-9-6-12-17-15)13-7-4-3-5-8-13/h3-10,12H,11H2,1-2H3/b14-10-. The Hall–Kier alpha value is -1.38. The van der Waals surface area contributed by atoms with E-state index in [-0.39, 0.29) is 0 Å². The van der Waals surface area contributed by atoms with Crippen LogP contribution >= 0.6 is 11.3 Å². The second-order valence-corrected chi connectivity index (χ2v) is 5.17. The van der Waals surface area contributed by atoms with Crippen molar-refractivity contribution in [3.8, 4) is 0 Å². The zero-order valence-corrected chi connectivity index (χ0v) is 11.1. The number of nitrogens with zero attached hydrogens (tertiary/aromatic N) is 1. The molecule has 88 valence electrons. The lowest BCUT2D eigenvalue weighted by Gasteiger charge is -2.09. The Labute approximate surface area is 107 Å². The van der Waals surface area contributed by atoms with Crippen LogP contribution in [0.1, 0.15) is 10.4 Å². The molecular formula is C15H17NS. The van der Waals surface area contributed by atoms with Gasteiger partial charge in [-0.2, -0.15) is 0 Å². The van der Waals surface area contributed by atoms with Gasteiger partial charge in [0.1, 0.15) is 0 Å². The van der Waals surface area contributed by atoms with E-state index in [4.69, 9.17) is 0 Å². The highest BCUT2D eigenvalue weighted by Gasteiger charge is 2.05. The predicted molar refractivity (Wildman–Crippen MR) is 76.4 cm³/mol. The summed E-state index contributed by atoms with van der Waals surface area (Å²) in [6.45, 7) is 0.960. The van der Waals surface area contributed by atoms with Crippen molar-refractivity contribution in [3.05, 3.63) is 64.4 Å². The second-order valence-electron chi connectivity index (χ2n) is 4.22. The van der Waals surface area contributed by atoms with Crippen molar-refractivity contribution < 1.29 is 0 Å². The average molecular weight is 243 g/mol. The molecule has 0 aliphatic carbocycles. The molecular weight excluding hydrogens is 226 g/mol. The molecule has 0 spiro atoms. The Bertz CT molecular complexity index is 469. The number of benzene rings is 1. The lowest BCUT2D eigenvalue weighted by Crippen LogP contribution is -2.11. The van der Waals surface area contributed by atoms with Gasteiger partial charge in [-0.3, -0.25) is 0 Å². The van der Waals surface area contributed by atoms with E-state index < -0.39 is 0 Å². The van der Waals surface area contributed by atoms with E-state index >= 15 is 0 Å². The van der Waals surface area contributed by atoms with Crippen molar-refractivity contribution in [2.75, 3.05) is 20.6 Å². The molecule has 0 saturated carbocycles. The summed E-state index contributed by atoms with van der Waals surface area (Å²) in [5.74, 6) is 0. The number of hydrogen-bond donors (Lipinski definition) is 0. The van der Waals surface area contributed by atoms with Gasteiger partial charge in [0.15, 0.2) is 0 Å². The minimum Gasteiger partial charge on any atom is -0.306 e. The summed E-state index contributed by atoms with van der Waals surface area (Å²) in [5, 5.41) is 2.13. The molecule has 0 saturated heterocycles. The van der Waals surface area contributed by atoms with Crippen LogP contribution in [0.5, 0.6) is 0 Å². The van der Waals surface area contributed by atoms with E-state index in [9.17, 15) is 0 Å². The van der Waals surface area contributed by atoms with Crippen LogP contribution in [0.3, 0.4) is 0 Å². The van der Waals surface area contributed by atoms with Crippen molar-refractivity contribution in [1.29, 1.82) is 0 Å². The molecule has 1 heterocycles. The molecule has 2 heteroatoms. The summed E-state index contributed by atoms with van der Waals surface area (Å²) in [6, 6.07) is 14.9. The molecule has 17 heavy (non-hydrogen) atoms. The van der Waals surface area contributed by atoms with E-state index in [0.29, 0.717) is 0 Å². The quantitative estimate of drug-likeness (QED) is 0.790. The minimum absolute atomic E-state index is 0.960. The lowest BCUT2D eigenvalue weighted by molar-refractivity contribution is 0.457. The van der Waals surface area contributed by atoms with E-state index in [0.717, 1.165) is 6.54 Å². The molecule has 0 bridgehead atoms. The second kappa shape index (κ2) is 5.80. The highest BCUT2D eigenvalue weighted by atomic mass is 32.1. The van der Waals surface area contributed by atoms with Gasteiger partial charge >= 0.3 is 0 Å². The molecule has 1 aromatic heterocycles. The van der Waals surface area contributed by atoms with Crippen LogP contribution in [0.15, 0.2) is 53.9 Å². The first-order chi connectivity index (χ1) is 8.27. The SMILES string of the molecule is CN(C)C/C=C(/c1ccccc1)c1cccs1. The monoisotopic (exact) mass is 243 g/mol. The van der Waals surface area contributed by atoms with Crippen molar-refractivity contribution in [1.82, 2.24) is 4.90 Å². The number of hydrogen-bond acceptors (Lipinski definition) is 2. The third-order valence-electron chi connectivity index (χ3n) is 2.53. The summed E-state index contributed by atoms with van der Waals surface area (Å²) in [5.41, 5.74) is 2.62. The predicted octanol–water partition coefficient (Wildman–Crippen LogP) is 3.74. The Balaban J connectivity index is 2.35. The summed E-state index contributed by atoms with van der Waals surface area (Å²) in [6.07, 6.45) is 2.29. The van der Waals surface area contributed by atoms with E-state index in [2.05, 4.69) is 72.9 Å². The van der Waals surface area contributed by atoms with Gasteiger partial charge in [0.2, 0.25) is 0 Å². The van der Waals surface area contributed by atoms with E-state index in [1.807, 2.05) is 0 Å². The van der Waals surface area contributed by atoms with Gasteiger partial charge in [0.25, 0.3) is 0 Å². The van der Waals surface area contributed by atoms with Crippen molar-refractivity contribution in [2.24, 2.45) is 0 Å². The van der Waals surface area contributed by atoms with Gasteiger partial charge in [-0.05, 0) is 36.7 Å². The molecule has 0 amide bonds. The van der Waals surface area contributed by atoms with Crippen LogP contribution < -0.4 is 0 Å². The van der Waals surface area contributed by atoms with E-state index in [1.54, 1.807) is 11.3 Å². The average Bonchev–Trinajstić information content (AvgIpc) is 2.84. The maximum atomic E-state index is 2.29. The summed E-state index contributed by atoms with van der Waals surface area (Å²) < 4.78 is 0. The van der Waals surface area contributed by atoms with E-state index in [1.165, 1.54) is 16.0 Å². The van der Waals surface area contributed by atoms with Crippen LogP contribution in [0.2, 0.25) is 0 Å². The van der Waals surface area contributed by atoms with Crippen molar-refractivity contribution >= 4 is 16.9 Å². The topological polar surface area (TPSA) is 3.24 Å². The van der Waals surface area contributed by atoms with Crippen molar-refractivity contribution in [3.63, 3.8) is 0 Å². The fourth-order valence-electron chi connectivity index (χ4n) is 1.68. The molecule has 0 N–H and O–H groups in total. The van der Waals surface area contributed by atoms with Gasteiger partial charge in [0, 0.05) is 11.4 Å². The molecule has 2 aromatic rings. The number of likely N-dealkylation sites (N-methyl/N-ethyl adjacent to an activating group) is 1. The molecule has 0 unspecified atom stereocenters.